The lowest BCUT2D eigenvalue weighted by Crippen LogP contribution is -2.23. The molecule has 0 unspecified atom stereocenters. The van der Waals surface area contributed by atoms with Crippen molar-refractivity contribution in [2.75, 3.05) is 12.4 Å². The molecule has 0 spiro atoms. The molecule has 4 nitrogen and oxygen atoms in total. The van der Waals surface area contributed by atoms with Crippen LogP contribution in [0.1, 0.15) is 12.0 Å². The first kappa shape index (κ1) is 18.4. The van der Waals surface area contributed by atoms with E-state index in [9.17, 15) is 4.79 Å². The molecule has 0 radical (unpaired) electrons. The second-order valence-corrected chi connectivity index (χ2v) is 6.89. The Morgan fingerprint density at radius 3 is 2.88 bits per heavy atom. The molecular weight excluding hydrogens is 388 g/mol. The molecule has 0 aliphatic heterocycles. The molecule has 2 aromatic carbocycles. The number of ether oxygens (including phenoxy) is 1. The summed E-state index contributed by atoms with van der Waals surface area (Å²) in [5.41, 5.74) is 0.942. The Morgan fingerprint density at radius 1 is 1.25 bits per heavy atom. The minimum absolute atomic E-state index is 0.0119. The maximum Gasteiger partial charge on any atom is 0.221 e. The van der Waals surface area contributed by atoms with Gasteiger partial charge in [0.1, 0.15) is 11.8 Å². The highest BCUT2D eigenvalue weighted by Gasteiger charge is 2.05. The van der Waals surface area contributed by atoms with E-state index in [1.54, 1.807) is 17.8 Å². The minimum Gasteiger partial charge on any atom is -0.479 e. The quantitative estimate of drug-likeness (QED) is 0.671. The lowest BCUT2D eigenvalue weighted by Gasteiger charge is -2.08. The molecule has 124 valence electrons. The van der Waals surface area contributed by atoms with Crippen molar-refractivity contribution >= 4 is 33.6 Å². The third kappa shape index (κ3) is 6.26. The molecule has 0 bridgehead atoms. The van der Waals surface area contributed by atoms with Crippen molar-refractivity contribution in [1.29, 1.82) is 5.26 Å². The van der Waals surface area contributed by atoms with Gasteiger partial charge in [0.15, 0.2) is 6.61 Å². The molecule has 0 aromatic heterocycles. The summed E-state index contributed by atoms with van der Waals surface area (Å²) in [6.45, 7) is 0.463. The Balaban J connectivity index is 1.73. The first-order valence-corrected chi connectivity index (χ1v) is 9.19. The monoisotopic (exact) mass is 404 g/mol. The van der Waals surface area contributed by atoms with Crippen molar-refractivity contribution in [3.8, 4) is 11.8 Å². The molecule has 0 saturated heterocycles. The first-order chi connectivity index (χ1) is 11.7. The van der Waals surface area contributed by atoms with Gasteiger partial charge < -0.3 is 10.1 Å². The molecule has 0 aliphatic rings. The molecule has 2 aromatic rings. The zero-order valence-electron chi connectivity index (χ0n) is 13.0. The number of nitrogens with zero attached hydrogens (tertiary/aromatic N) is 1. The molecule has 1 N–H and O–H groups in total. The van der Waals surface area contributed by atoms with Crippen molar-refractivity contribution in [3.05, 3.63) is 58.6 Å². The van der Waals surface area contributed by atoms with Crippen LogP contribution in [0.25, 0.3) is 0 Å². The number of carbonyl (C=O) groups excluding carboxylic acids is 1. The Bertz CT molecular complexity index is 731. The van der Waals surface area contributed by atoms with Gasteiger partial charge in [0.25, 0.3) is 0 Å². The van der Waals surface area contributed by atoms with Crippen LogP contribution in [0.2, 0.25) is 0 Å². The average Bonchev–Trinajstić information content (AvgIpc) is 2.60. The lowest BCUT2D eigenvalue weighted by atomic mass is 10.2. The molecule has 0 aliphatic carbocycles. The molecule has 2 rings (SSSR count). The summed E-state index contributed by atoms with van der Waals surface area (Å²) in [5.74, 6) is 1.37. The number of rotatable bonds is 8. The molecule has 0 saturated carbocycles. The number of hydrogen-bond donors (Lipinski definition) is 1. The van der Waals surface area contributed by atoms with E-state index in [2.05, 4.69) is 21.2 Å². The van der Waals surface area contributed by atoms with Gasteiger partial charge in [-0.15, -0.1) is 11.8 Å². The maximum atomic E-state index is 11.9. The largest absolute Gasteiger partial charge is 0.479 e. The number of thioether (sulfide) groups is 1. The van der Waals surface area contributed by atoms with E-state index in [1.807, 2.05) is 48.5 Å². The van der Waals surface area contributed by atoms with Gasteiger partial charge >= 0.3 is 0 Å². The number of halogens is 1. The van der Waals surface area contributed by atoms with Crippen LogP contribution >= 0.6 is 27.7 Å². The molecule has 0 fully saturated rings. The van der Waals surface area contributed by atoms with Crippen LogP contribution in [0.5, 0.6) is 5.75 Å². The van der Waals surface area contributed by atoms with Crippen LogP contribution < -0.4 is 10.1 Å². The summed E-state index contributed by atoms with van der Waals surface area (Å²) in [5, 5.41) is 11.4. The standard InChI is InChI=1S/C18H17BrN2O2S/c19-16-6-1-2-7-17(16)24-11-8-18(22)21-13-14-4-3-5-15(12-14)23-10-9-20/h1-7,12H,8,10-11,13H2,(H,21,22). The summed E-state index contributed by atoms with van der Waals surface area (Å²) >= 11 is 5.15. The topological polar surface area (TPSA) is 62.1 Å². The molecule has 24 heavy (non-hydrogen) atoms. The third-order valence-electron chi connectivity index (χ3n) is 3.11. The average molecular weight is 405 g/mol. The summed E-state index contributed by atoms with van der Waals surface area (Å²) in [6.07, 6.45) is 0.455. The zero-order valence-corrected chi connectivity index (χ0v) is 15.4. The summed E-state index contributed by atoms with van der Waals surface area (Å²) in [6, 6.07) is 17.3. The number of carbonyl (C=O) groups is 1. The van der Waals surface area contributed by atoms with Crippen molar-refractivity contribution < 1.29 is 9.53 Å². The van der Waals surface area contributed by atoms with E-state index in [0.717, 1.165) is 20.7 Å². The van der Waals surface area contributed by atoms with Gasteiger partial charge in [-0.2, -0.15) is 5.26 Å². The fourth-order valence-corrected chi connectivity index (χ4v) is 3.48. The second kappa shape index (κ2) is 10.0. The van der Waals surface area contributed by atoms with Crippen LogP contribution in [-0.4, -0.2) is 18.3 Å². The van der Waals surface area contributed by atoms with E-state index in [-0.39, 0.29) is 12.5 Å². The van der Waals surface area contributed by atoms with Crippen LogP contribution in [0.4, 0.5) is 0 Å². The number of amides is 1. The van der Waals surface area contributed by atoms with Crippen molar-refractivity contribution in [2.24, 2.45) is 0 Å². The fourth-order valence-electron chi connectivity index (χ4n) is 1.97. The van der Waals surface area contributed by atoms with E-state index in [4.69, 9.17) is 10.00 Å². The molecule has 1 amide bonds. The smallest absolute Gasteiger partial charge is 0.221 e. The van der Waals surface area contributed by atoms with Gasteiger partial charge in [-0.3, -0.25) is 4.79 Å². The van der Waals surface area contributed by atoms with Gasteiger partial charge in [-0.25, -0.2) is 0 Å². The van der Waals surface area contributed by atoms with Gasteiger partial charge in [0.05, 0.1) is 0 Å². The molecule has 6 heteroatoms. The predicted molar refractivity (Wildman–Crippen MR) is 98.9 cm³/mol. The summed E-state index contributed by atoms with van der Waals surface area (Å²) in [4.78, 5) is 13.1. The maximum absolute atomic E-state index is 11.9. The first-order valence-electron chi connectivity index (χ1n) is 7.42. The third-order valence-corrected chi connectivity index (χ3v) is 5.14. The Hall–Kier alpha value is -1.97. The van der Waals surface area contributed by atoms with E-state index in [1.165, 1.54) is 0 Å². The number of nitriles is 1. The number of nitrogens with one attached hydrogen (secondary N) is 1. The van der Waals surface area contributed by atoms with Crippen LogP contribution in [-0.2, 0) is 11.3 Å². The lowest BCUT2D eigenvalue weighted by molar-refractivity contribution is -0.120. The SMILES string of the molecule is N#CCOc1cccc(CNC(=O)CCSc2ccccc2Br)c1. The Morgan fingerprint density at radius 2 is 2.08 bits per heavy atom. The fraction of sp³-hybridized carbons (Fsp3) is 0.222. The van der Waals surface area contributed by atoms with E-state index >= 15 is 0 Å². The second-order valence-electron chi connectivity index (χ2n) is 4.90. The molecule has 0 heterocycles. The number of hydrogen-bond acceptors (Lipinski definition) is 4. The van der Waals surface area contributed by atoms with E-state index in [0.29, 0.717) is 18.7 Å². The van der Waals surface area contributed by atoms with Crippen LogP contribution in [0, 0.1) is 11.3 Å². The van der Waals surface area contributed by atoms with Gasteiger partial charge in [-0.1, -0.05) is 24.3 Å². The van der Waals surface area contributed by atoms with Crippen molar-refractivity contribution in [3.63, 3.8) is 0 Å². The summed E-state index contributed by atoms with van der Waals surface area (Å²) < 4.78 is 6.29. The van der Waals surface area contributed by atoms with Crippen LogP contribution in [0.3, 0.4) is 0 Å². The van der Waals surface area contributed by atoms with E-state index < -0.39 is 0 Å². The van der Waals surface area contributed by atoms with Gasteiger partial charge in [0.2, 0.25) is 5.91 Å². The molecule has 0 atom stereocenters. The molecular formula is C18H17BrN2O2S. The van der Waals surface area contributed by atoms with Gasteiger partial charge in [-0.05, 0) is 45.8 Å². The zero-order chi connectivity index (χ0) is 17.2. The van der Waals surface area contributed by atoms with Crippen molar-refractivity contribution in [1.82, 2.24) is 5.32 Å². The Labute approximate surface area is 154 Å². The highest BCUT2D eigenvalue weighted by Crippen LogP contribution is 2.27. The van der Waals surface area contributed by atoms with Crippen LogP contribution in [0.15, 0.2) is 57.9 Å². The summed E-state index contributed by atoms with van der Waals surface area (Å²) in [7, 11) is 0. The minimum atomic E-state index is 0.0119. The van der Waals surface area contributed by atoms with Gasteiger partial charge in [0, 0.05) is 28.1 Å². The van der Waals surface area contributed by atoms with Crippen molar-refractivity contribution in [2.45, 2.75) is 17.9 Å². The highest BCUT2D eigenvalue weighted by atomic mass is 79.9. The Kier molecular flexibility index (Phi) is 7.66. The highest BCUT2D eigenvalue weighted by molar-refractivity contribution is 9.10. The number of benzene rings is 2. The normalized spacial score (nSPS) is 10.0. The predicted octanol–water partition coefficient (Wildman–Crippen LogP) is 4.15.